The minimum absolute atomic E-state index is 0.0239. The number of benzene rings is 1. The van der Waals surface area contributed by atoms with Crippen molar-refractivity contribution in [3.8, 4) is 0 Å². The molecule has 0 unspecified atom stereocenters. The zero-order valence-electron chi connectivity index (χ0n) is 10.6. The molecule has 0 atom stereocenters. The standard InChI is InChI=1S/C12H13Cl2NO4/c1-12(2,3)19-11(18)15-9-7(13)4-6(10(16)17)5-8(9)14/h4-5H,1-3H3,(H,15,18)(H,16,17). The van der Waals surface area contributed by atoms with Crippen LogP contribution in [0.3, 0.4) is 0 Å². The van der Waals surface area contributed by atoms with Gasteiger partial charge >= 0.3 is 12.1 Å². The maximum atomic E-state index is 11.6. The highest BCUT2D eigenvalue weighted by Crippen LogP contribution is 2.32. The van der Waals surface area contributed by atoms with Crippen LogP contribution >= 0.6 is 23.2 Å². The lowest BCUT2D eigenvalue weighted by molar-refractivity contribution is 0.0634. The summed E-state index contributed by atoms with van der Waals surface area (Å²) in [6.07, 6.45) is -0.723. The van der Waals surface area contributed by atoms with Gasteiger partial charge in [-0.3, -0.25) is 5.32 Å². The average Bonchev–Trinajstić information content (AvgIpc) is 2.20. The second-order valence-corrected chi connectivity index (χ2v) is 5.56. The smallest absolute Gasteiger partial charge is 0.412 e. The predicted molar refractivity (Wildman–Crippen MR) is 73.3 cm³/mol. The van der Waals surface area contributed by atoms with Crippen LogP contribution in [0.2, 0.25) is 10.0 Å². The Labute approximate surface area is 120 Å². The van der Waals surface area contributed by atoms with Crippen LogP contribution in [0, 0.1) is 0 Å². The zero-order chi connectivity index (χ0) is 14.8. The number of carbonyl (C=O) groups excluding carboxylic acids is 1. The molecule has 104 valence electrons. The Bertz CT molecular complexity index is 500. The molecule has 1 aromatic carbocycles. The molecule has 1 aromatic rings. The maximum Gasteiger partial charge on any atom is 0.412 e. The van der Waals surface area contributed by atoms with Gasteiger partial charge in [-0.25, -0.2) is 9.59 Å². The first-order chi connectivity index (χ1) is 8.60. The Balaban J connectivity index is 2.97. The molecule has 1 amide bonds. The van der Waals surface area contributed by atoms with Crippen molar-refractivity contribution in [2.45, 2.75) is 26.4 Å². The summed E-state index contributed by atoms with van der Waals surface area (Å²) in [7, 11) is 0. The number of aromatic carboxylic acids is 1. The van der Waals surface area contributed by atoms with Gasteiger partial charge in [-0.2, -0.15) is 0 Å². The summed E-state index contributed by atoms with van der Waals surface area (Å²) >= 11 is 11.8. The number of anilines is 1. The number of halogens is 2. The van der Waals surface area contributed by atoms with Gasteiger partial charge in [0.2, 0.25) is 0 Å². The molecule has 0 heterocycles. The molecular weight excluding hydrogens is 293 g/mol. The molecule has 0 aliphatic heterocycles. The number of carboxylic acid groups (broad SMARTS) is 1. The van der Waals surface area contributed by atoms with Gasteiger partial charge in [0.15, 0.2) is 0 Å². The van der Waals surface area contributed by atoms with Crippen molar-refractivity contribution >= 4 is 41.0 Å². The quantitative estimate of drug-likeness (QED) is 0.864. The van der Waals surface area contributed by atoms with Crippen molar-refractivity contribution in [1.82, 2.24) is 0 Å². The Morgan fingerprint density at radius 2 is 1.68 bits per heavy atom. The maximum absolute atomic E-state index is 11.6. The Kier molecular flexibility index (Phi) is 4.66. The van der Waals surface area contributed by atoms with Crippen molar-refractivity contribution in [2.24, 2.45) is 0 Å². The molecule has 0 saturated carbocycles. The second-order valence-electron chi connectivity index (χ2n) is 4.75. The van der Waals surface area contributed by atoms with Crippen molar-refractivity contribution < 1.29 is 19.4 Å². The van der Waals surface area contributed by atoms with Gasteiger partial charge in [-0.05, 0) is 32.9 Å². The van der Waals surface area contributed by atoms with Crippen molar-refractivity contribution in [2.75, 3.05) is 5.32 Å². The molecule has 0 aliphatic carbocycles. The van der Waals surface area contributed by atoms with E-state index >= 15 is 0 Å². The summed E-state index contributed by atoms with van der Waals surface area (Å²) in [4.78, 5) is 22.4. The van der Waals surface area contributed by atoms with E-state index in [2.05, 4.69) is 5.32 Å². The molecule has 19 heavy (non-hydrogen) atoms. The van der Waals surface area contributed by atoms with Crippen molar-refractivity contribution in [3.05, 3.63) is 27.7 Å². The summed E-state index contributed by atoms with van der Waals surface area (Å²) < 4.78 is 5.05. The lowest BCUT2D eigenvalue weighted by Gasteiger charge is -2.20. The fourth-order valence-corrected chi connectivity index (χ4v) is 1.80. The second kappa shape index (κ2) is 5.67. The monoisotopic (exact) mass is 305 g/mol. The average molecular weight is 306 g/mol. The Morgan fingerprint density at radius 3 is 2.05 bits per heavy atom. The van der Waals surface area contributed by atoms with E-state index in [0.717, 1.165) is 0 Å². The topological polar surface area (TPSA) is 75.6 Å². The summed E-state index contributed by atoms with van der Waals surface area (Å²) in [5.41, 5.74) is -0.614. The molecule has 0 saturated heterocycles. The molecule has 0 radical (unpaired) electrons. The van der Waals surface area contributed by atoms with Gasteiger partial charge in [-0.15, -0.1) is 0 Å². The number of rotatable bonds is 2. The van der Waals surface area contributed by atoms with Gasteiger partial charge in [0.25, 0.3) is 0 Å². The molecule has 0 bridgehead atoms. The zero-order valence-corrected chi connectivity index (χ0v) is 12.1. The molecule has 7 heteroatoms. The lowest BCUT2D eigenvalue weighted by Crippen LogP contribution is -2.27. The molecule has 0 aromatic heterocycles. The largest absolute Gasteiger partial charge is 0.478 e. The van der Waals surface area contributed by atoms with E-state index in [1.54, 1.807) is 20.8 Å². The van der Waals surface area contributed by atoms with Crippen LogP contribution < -0.4 is 5.32 Å². The molecule has 5 nitrogen and oxygen atoms in total. The van der Waals surface area contributed by atoms with Crippen LogP contribution in [0.4, 0.5) is 10.5 Å². The number of carboxylic acids is 1. The van der Waals surface area contributed by atoms with Gasteiger partial charge in [-0.1, -0.05) is 23.2 Å². The van der Waals surface area contributed by atoms with E-state index in [1.165, 1.54) is 12.1 Å². The third-order valence-corrected chi connectivity index (χ3v) is 2.51. The molecule has 1 rings (SSSR count). The number of hydrogen-bond acceptors (Lipinski definition) is 3. The molecule has 0 aliphatic rings. The Morgan fingerprint density at radius 1 is 1.21 bits per heavy atom. The van der Waals surface area contributed by atoms with E-state index in [4.69, 9.17) is 33.0 Å². The first-order valence-corrected chi connectivity index (χ1v) is 6.08. The number of carbonyl (C=O) groups is 2. The van der Waals surface area contributed by atoms with E-state index in [9.17, 15) is 9.59 Å². The van der Waals surface area contributed by atoms with Gasteiger partial charge < -0.3 is 9.84 Å². The van der Waals surface area contributed by atoms with Gasteiger partial charge in [0.05, 0.1) is 21.3 Å². The number of hydrogen-bond donors (Lipinski definition) is 2. The SMILES string of the molecule is CC(C)(C)OC(=O)Nc1c(Cl)cc(C(=O)O)cc1Cl. The van der Waals surface area contributed by atoms with Crippen LogP contribution in [-0.4, -0.2) is 22.8 Å². The van der Waals surface area contributed by atoms with Crippen LogP contribution in [0.1, 0.15) is 31.1 Å². The van der Waals surface area contributed by atoms with E-state index < -0.39 is 17.7 Å². The van der Waals surface area contributed by atoms with Gasteiger partial charge in [0, 0.05) is 0 Å². The highest BCUT2D eigenvalue weighted by Gasteiger charge is 2.19. The predicted octanol–water partition coefficient (Wildman–Crippen LogP) is 4.04. The Hall–Kier alpha value is -1.46. The fraction of sp³-hybridized carbons (Fsp3) is 0.333. The summed E-state index contributed by atoms with van der Waals surface area (Å²) in [5.74, 6) is -1.16. The summed E-state index contributed by atoms with van der Waals surface area (Å²) in [5, 5.41) is 11.3. The lowest BCUT2D eigenvalue weighted by atomic mass is 10.2. The van der Waals surface area contributed by atoms with Crippen LogP contribution in [0.5, 0.6) is 0 Å². The highest BCUT2D eigenvalue weighted by molar-refractivity contribution is 6.40. The molecule has 2 N–H and O–H groups in total. The fourth-order valence-electron chi connectivity index (χ4n) is 1.22. The van der Waals surface area contributed by atoms with Crippen LogP contribution in [0.15, 0.2) is 12.1 Å². The number of amides is 1. The molecule has 0 spiro atoms. The molecular formula is C12H13Cl2NO4. The third-order valence-electron chi connectivity index (χ3n) is 1.92. The third kappa shape index (κ3) is 4.61. The first kappa shape index (κ1) is 15.6. The number of ether oxygens (including phenoxy) is 1. The first-order valence-electron chi connectivity index (χ1n) is 5.32. The summed E-state index contributed by atoms with van der Waals surface area (Å²) in [6.45, 7) is 5.13. The van der Waals surface area contributed by atoms with Crippen molar-refractivity contribution in [3.63, 3.8) is 0 Å². The van der Waals surface area contributed by atoms with Crippen LogP contribution in [0.25, 0.3) is 0 Å². The highest BCUT2D eigenvalue weighted by atomic mass is 35.5. The van der Waals surface area contributed by atoms with Crippen molar-refractivity contribution in [1.29, 1.82) is 0 Å². The minimum Gasteiger partial charge on any atom is -0.478 e. The van der Waals surface area contributed by atoms with E-state index in [0.29, 0.717) is 0 Å². The normalized spacial score (nSPS) is 11.0. The minimum atomic E-state index is -1.16. The van der Waals surface area contributed by atoms with E-state index in [1.807, 2.05) is 0 Å². The van der Waals surface area contributed by atoms with E-state index in [-0.39, 0.29) is 21.3 Å². The van der Waals surface area contributed by atoms with Gasteiger partial charge in [0.1, 0.15) is 5.60 Å². The summed E-state index contributed by atoms with van der Waals surface area (Å²) in [6, 6.07) is 2.39. The molecule has 0 fully saturated rings. The van der Waals surface area contributed by atoms with Crippen LogP contribution in [-0.2, 0) is 4.74 Å². The number of nitrogens with one attached hydrogen (secondary N) is 1.